The lowest BCUT2D eigenvalue weighted by Gasteiger charge is -2.08. The summed E-state index contributed by atoms with van der Waals surface area (Å²) >= 11 is 5.96. The predicted octanol–water partition coefficient (Wildman–Crippen LogP) is 4.02. The van der Waals surface area contributed by atoms with Gasteiger partial charge >= 0.3 is 0 Å². The monoisotopic (exact) mass is 380 g/mol. The fourth-order valence-electron chi connectivity index (χ4n) is 2.65. The lowest BCUT2D eigenvalue weighted by molar-refractivity contribution is 0.0948. The quantitative estimate of drug-likeness (QED) is 0.649. The van der Waals surface area contributed by atoms with Gasteiger partial charge in [-0.15, -0.1) is 10.2 Å². The van der Waals surface area contributed by atoms with Crippen LogP contribution in [0.4, 0.5) is 5.82 Å². The summed E-state index contributed by atoms with van der Waals surface area (Å²) in [5.41, 5.74) is 3.78. The summed E-state index contributed by atoms with van der Waals surface area (Å²) in [4.78, 5) is 12.2. The molecule has 3 rings (SSSR count). The van der Waals surface area contributed by atoms with Crippen molar-refractivity contribution < 1.29 is 4.79 Å². The van der Waals surface area contributed by atoms with Gasteiger partial charge < -0.3 is 10.6 Å². The van der Waals surface area contributed by atoms with Gasteiger partial charge in [-0.25, -0.2) is 0 Å². The van der Waals surface area contributed by atoms with Crippen molar-refractivity contribution >= 4 is 23.3 Å². The molecule has 0 unspecified atom stereocenters. The van der Waals surface area contributed by atoms with Gasteiger partial charge in [0.15, 0.2) is 5.69 Å². The first kappa shape index (κ1) is 18.9. The van der Waals surface area contributed by atoms with Gasteiger partial charge in [-0.1, -0.05) is 48.0 Å². The Morgan fingerprint density at radius 1 is 1.04 bits per heavy atom. The van der Waals surface area contributed by atoms with Gasteiger partial charge in [-0.05, 0) is 54.3 Å². The highest BCUT2D eigenvalue weighted by Crippen LogP contribution is 2.11. The average molecular weight is 381 g/mol. The normalized spacial score (nSPS) is 10.4. The molecule has 6 heteroatoms. The fourth-order valence-corrected chi connectivity index (χ4v) is 2.86. The van der Waals surface area contributed by atoms with Crippen molar-refractivity contribution in [1.29, 1.82) is 0 Å². The molecule has 0 saturated carbocycles. The predicted molar refractivity (Wildman–Crippen MR) is 108 cm³/mol. The maximum atomic E-state index is 12.2. The largest absolute Gasteiger partial charge is 0.364 e. The number of aromatic nitrogens is 2. The lowest BCUT2D eigenvalue weighted by atomic mass is 10.1. The first-order valence-corrected chi connectivity index (χ1v) is 9.14. The summed E-state index contributed by atoms with van der Waals surface area (Å²) in [6.45, 7) is 3.24. The lowest BCUT2D eigenvalue weighted by Crippen LogP contribution is -2.26. The van der Waals surface area contributed by atoms with E-state index in [4.69, 9.17) is 11.6 Å². The molecular weight excluding hydrogens is 360 g/mol. The molecule has 2 aromatic carbocycles. The number of carbonyl (C=O) groups is 1. The third kappa shape index (κ3) is 5.53. The van der Waals surface area contributed by atoms with E-state index in [0.717, 1.165) is 5.56 Å². The molecule has 3 aromatic rings. The van der Waals surface area contributed by atoms with Crippen LogP contribution >= 0.6 is 11.6 Å². The van der Waals surface area contributed by atoms with E-state index in [0.29, 0.717) is 36.0 Å². The molecule has 0 radical (unpaired) electrons. The van der Waals surface area contributed by atoms with Gasteiger partial charge in [0, 0.05) is 18.1 Å². The maximum Gasteiger partial charge on any atom is 0.271 e. The van der Waals surface area contributed by atoms with Crippen molar-refractivity contribution in [2.45, 2.75) is 19.9 Å². The number of benzene rings is 2. The molecule has 0 saturated heterocycles. The number of hydrogen-bond acceptors (Lipinski definition) is 4. The molecule has 1 aromatic heterocycles. The molecule has 27 heavy (non-hydrogen) atoms. The van der Waals surface area contributed by atoms with Crippen molar-refractivity contribution in [1.82, 2.24) is 15.5 Å². The SMILES string of the molecule is Cc1ccccc1CNc1ccc(C(=O)NCCc2cccc(Cl)c2)nn1. The van der Waals surface area contributed by atoms with E-state index < -0.39 is 0 Å². The Morgan fingerprint density at radius 3 is 2.63 bits per heavy atom. The zero-order valence-electron chi connectivity index (χ0n) is 15.1. The molecule has 2 N–H and O–H groups in total. The van der Waals surface area contributed by atoms with Crippen LogP contribution in [-0.2, 0) is 13.0 Å². The van der Waals surface area contributed by atoms with Crippen molar-refractivity contribution in [3.8, 4) is 0 Å². The van der Waals surface area contributed by atoms with Crippen molar-refractivity contribution in [2.75, 3.05) is 11.9 Å². The average Bonchev–Trinajstić information content (AvgIpc) is 2.68. The van der Waals surface area contributed by atoms with E-state index in [1.165, 1.54) is 11.1 Å². The minimum atomic E-state index is -0.241. The Kier molecular flexibility index (Phi) is 6.39. The Hall–Kier alpha value is -2.92. The first-order chi connectivity index (χ1) is 13.1. The van der Waals surface area contributed by atoms with E-state index in [1.54, 1.807) is 12.1 Å². The Balaban J connectivity index is 1.49. The highest BCUT2D eigenvalue weighted by Gasteiger charge is 2.08. The zero-order valence-corrected chi connectivity index (χ0v) is 15.8. The first-order valence-electron chi connectivity index (χ1n) is 8.76. The van der Waals surface area contributed by atoms with Gasteiger partial charge in [-0.2, -0.15) is 0 Å². The fraction of sp³-hybridized carbons (Fsp3) is 0.190. The van der Waals surface area contributed by atoms with Gasteiger partial charge in [0.1, 0.15) is 5.82 Å². The van der Waals surface area contributed by atoms with E-state index in [9.17, 15) is 4.79 Å². The van der Waals surface area contributed by atoms with Crippen molar-refractivity contribution in [3.63, 3.8) is 0 Å². The zero-order chi connectivity index (χ0) is 19.1. The van der Waals surface area contributed by atoms with Crippen molar-refractivity contribution in [2.24, 2.45) is 0 Å². The Labute approximate surface area is 163 Å². The molecule has 138 valence electrons. The summed E-state index contributed by atoms with van der Waals surface area (Å²) in [5, 5.41) is 14.9. The number of hydrogen-bond donors (Lipinski definition) is 2. The van der Waals surface area contributed by atoms with Gasteiger partial charge in [0.05, 0.1) is 0 Å². The second kappa shape index (κ2) is 9.14. The van der Waals surface area contributed by atoms with E-state index >= 15 is 0 Å². The van der Waals surface area contributed by atoms with E-state index in [1.807, 2.05) is 36.4 Å². The van der Waals surface area contributed by atoms with E-state index in [-0.39, 0.29) is 5.91 Å². The number of carbonyl (C=O) groups excluding carboxylic acids is 1. The summed E-state index contributed by atoms with van der Waals surface area (Å²) < 4.78 is 0. The maximum absolute atomic E-state index is 12.2. The number of aryl methyl sites for hydroxylation is 1. The summed E-state index contributed by atoms with van der Waals surface area (Å²) in [5.74, 6) is 0.392. The number of rotatable bonds is 7. The molecule has 0 fully saturated rings. The minimum absolute atomic E-state index is 0.241. The number of nitrogens with one attached hydrogen (secondary N) is 2. The summed E-state index contributed by atoms with van der Waals surface area (Å²) in [6, 6.07) is 19.2. The second-order valence-corrected chi connectivity index (χ2v) is 6.66. The highest BCUT2D eigenvalue weighted by molar-refractivity contribution is 6.30. The van der Waals surface area contributed by atoms with Crippen LogP contribution in [-0.4, -0.2) is 22.6 Å². The van der Waals surface area contributed by atoms with Crippen LogP contribution < -0.4 is 10.6 Å². The molecule has 0 aliphatic rings. The molecule has 0 aliphatic heterocycles. The van der Waals surface area contributed by atoms with Gasteiger partial charge in [0.25, 0.3) is 5.91 Å². The Morgan fingerprint density at radius 2 is 1.89 bits per heavy atom. The molecule has 0 bridgehead atoms. The van der Waals surface area contributed by atoms with Gasteiger partial charge in [0.2, 0.25) is 0 Å². The van der Waals surface area contributed by atoms with Crippen molar-refractivity contribution in [3.05, 3.63) is 88.1 Å². The molecule has 5 nitrogen and oxygen atoms in total. The molecular formula is C21H21ClN4O. The number of anilines is 1. The summed E-state index contributed by atoms with van der Waals surface area (Å²) in [7, 11) is 0. The number of halogens is 1. The number of nitrogens with zero attached hydrogens (tertiary/aromatic N) is 2. The topological polar surface area (TPSA) is 66.9 Å². The van der Waals surface area contributed by atoms with Crippen LogP contribution in [0.25, 0.3) is 0 Å². The smallest absolute Gasteiger partial charge is 0.271 e. The minimum Gasteiger partial charge on any atom is -0.364 e. The summed E-state index contributed by atoms with van der Waals surface area (Å²) in [6.07, 6.45) is 0.704. The molecule has 0 aliphatic carbocycles. The third-order valence-corrected chi connectivity index (χ3v) is 4.44. The van der Waals surface area contributed by atoms with Crippen LogP contribution in [0.15, 0.2) is 60.7 Å². The molecule has 0 spiro atoms. The highest BCUT2D eigenvalue weighted by atomic mass is 35.5. The Bertz CT molecular complexity index is 912. The van der Waals surface area contributed by atoms with Crippen LogP contribution in [0.3, 0.4) is 0 Å². The molecule has 1 heterocycles. The molecule has 1 amide bonds. The van der Waals surface area contributed by atoms with Crippen LogP contribution in [0.2, 0.25) is 5.02 Å². The second-order valence-electron chi connectivity index (χ2n) is 6.22. The van der Waals surface area contributed by atoms with Crippen LogP contribution in [0, 0.1) is 6.92 Å². The molecule has 0 atom stereocenters. The van der Waals surface area contributed by atoms with E-state index in [2.05, 4.69) is 39.9 Å². The third-order valence-electron chi connectivity index (χ3n) is 4.21. The standard InChI is InChI=1S/C21H21ClN4O/c1-15-5-2-3-7-17(15)14-24-20-10-9-19(25-26-20)21(27)23-12-11-16-6-4-8-18(22)13-16/h2-10,13H,11-12,14H2,1H3,(H,23,27)(H,24,26). The van der Waals surface area contributed by atoms with Crippen LogP contribution in [0.5, 0.6) is 0 Å². The van der Waals surface area contributed by atoms with Gasteiger partial charge in [-0.3, -0.25) is 4.79 Å². The van der Waals surface area contributed by atoms with Crippen LogP contribution in [0.1, 0.15) is 27.2 Å². The number of amides is 1.